The Hall–Kier alpha value is -2.04. The number of nitrogens with zero attached hydrogens (tertiary/aromatic N) is 1. The molecule has 5 nitrogen and oxygen atoms in total. The van der Waals surface area contributed by atoms with E-state index in [1.54, 1.807) is 12.0 Å². The molecule has 1 saturated carbocycles. The van der Waals surface area contributed by atoms with Gasteiger partial charge in [0.05, 0.1) is 19.1 Å². The van der Waals surface area contributed by atoms with E-state index in [9.17, 15) is 9.59 Å². The molecule has 0 bridgehead atoms. The molecule has 0 aliphatic heterocycles. The van der Waals surface area contributed by atoms with E-state index < -0.39 is 5.41 Å². The van der Waals surface area contributed by atoms with Gasteiger partial charge in [0.2, 0.25) is 11.8 Å². The van der Waals surface area contributed by atoms with E-state index in [0.29, 0.717) is 13.1 Å². The average molecular weight is 332 g/mol. The fourth-order valence-corrected chi connectivity index (χ4v) is 3.57. The third kappa shape index (κ3) is 3.71. The van der Waals surface area contributed by atoms with Gasteiger partial charge in [-0.3, -0.25) is 9.59 Å². The van der Waals surface area contributed by atoms with Crippen molar-refractivity contribution in [2.75, 3.05) is 26.7 Å². The molecule has 1 fully saturated rings. The van der Waals surface area contributed by atoms with Crippen molar-refractivity contribution in [3.05, 3.63) is 29.8 Å². The Kier molecular flexibility index (Phi) is 6.23. The topological polar surface area (TPSA) is 58.6 Å². The Bertz CT molecular complexity index is 562. The van der Waals surface area contributed by atoms with Gasteiger partial charge in [0, 0.05) is 13.1 Å². The van der Waals surface area contributed by atoms with Crippen LogP contribution >= 0.6 is 0 Å². The lowest BCUT2D eigenvalue weighted by molar-refractivity contribution is -0.140. The maximum atomic E-state index is 13.3. The zero-order chi connectivity index (χ0) is 17.6. The van der Waals surface area contributed by atoms with Gasteiger partial charge in [0.15, 0.2) is 0 Å². The lowest BCUT2D eigenvalue weighted by Crippen LogP contribution is -2.49. The monoisotopic (exact) mass is 332 g/mol. The molecule has 24 heavy (non-hydrogen) atoms. The van der Waals surface area contributed by atoms with Gasteiger partial charge in [-0.05, 0) is 44.4 Å². The van der Waals surface area contributed by atoms with E-state index >= 15 is 0 Å². The Morgan fingerprint density at radius 2 is 1.79 bits per heavy atom. The van der Waals surface area contributed by atoms with E-state index in [1.807, 2.05) is 38.1 Å². The Balaban J connectivity index is 2.26. The van der Waals surface area contributed by atoms with Crippen LogP contribution in [0.3, 0.4) is 0 Å². The zero-order valence-electron chi connectivity index (χ0n) is 14.9. The van der Waals surface area contributed by atoms with Crippen molar-refractivity contribution < 1.29 is 14.3 Å². The summed E-state index contributed by atoms with van der Waals surface area (Å²) in [6, 6.07) is 7.79. The van der Waals surface area contributed by atoms with E-state index in [1.165, 1.54) is 0 Å². The number of likely N-dealkylation sites (N-methyl/N-ethyl adjacent to an activating group) is 2. The van der Waals surface area contributed by atoms with Gasteiger partial charge in [-0.1, -0.05) is 25.0 Å². The lowest BCUT2D eigenvalue weighted by Gasteiger charge is -2.34. The van der Waals surface area contributed by atoms with Crippen molar-refractivity contribution in [1.29, 1.82) is 0 Å². The van der Waals surface area contributed by atoms with E-state index in [0.717, 1.165) is 37.0 Å². The number of carbonyl (C=O) groups excluding carboxylic acids is 2. The summed E-state index contributed by atoms with van der Waals surface area (Å²) in [4.78, 5) is 26.9. The zero-order valence-corrected chi connectivity index (χ0v) is 14.9. The normalized spacial score (nSPS) is 15.8. The van der Waals surface area contributed by atoms with Crippen molar-refractivity contribution >= 4 is 11.8 Å². The van der Waals surface area contributed by atoms with Crippen LogP contribution in [0.25, 0.3) is 0 Å². The summed E-state index contributed by atoms with van der Waals surface area (Å²) < 4.78 is 5.23. The third-order valence-corrected chi connectivity index (χ3v) is 4.89. The summed E-state index contributed by atoms with van der Waals surface area (Å²) in [7, 11) is 1.64. The SMILES string of the molecule is CCNC(=O)CN(CC)C(=O)C1(c2ccc(OC)cc2)CCCC1. The fraction of sp³-hybridized carbons (Fsp3) is 0.579. The maximum absolute atomic E-state index is 13.3. The molecule has 5 heteroatoms. The van der Waals surface area contributed by atoms with Gasteiger partial charge < -0.3 is 15.0 Å². The number of carbonyl (C=O) groups is 2. The van der Waals surface area contributed by atoms with Gasteiger partial charge in [-0.2, -0.15) is 0 Å². The van der Waals surface area contributed by atoms with Crippen LogP contribution in [0.5, 0.6) is 5.75 Å². The van der Waals surface area contributed by atoms with E-state index in [2.05, 4.69) is 5.32 Å². The first kappa shape index (κ1) is 18.3. The number of amides is 2. The van der Waals surface area contributed by atoms with Gasteiger partial charge >= 0.3 is 0 Å². The summed E-state index contributed by atoms with van der Waals surface area (Å²) in [6.45, 7) is 5.04. The number of ether oxygens (including phenoxy) is 1. The number of methoxy groups -OCH3 is 1. The largest absolute Gasteiger partial charge is 0.497 e. The molecule has 0 radical (unpaired) electrons. The highest BCUT2D eigenvalue weighted by Crippen LogP contribution is 2.43. The van der Waals surface area contributed by atoms with Crippen molar-refractivity contribution in [3.63, 3.8) is 0 Å². The van der Waals surface area contributed by atoms with E-state index in [-0.39, 0.29) is 18.4 Å². The van der Waals surface area contributed by atoms with Crippen molar-refractivity contribution in [3.8, 4) is 5.75 Å². The third-order valence-electron chi connectivity index (χ3n) is 4.89. The molecule has 0 aromatic heterocycles. The van der Waals surface area contributed by atoms with Crippen LogP contribution in [0.2, 0.25) is 0 Å². The van der Waals surface area contributed by atoms with Gasteiger partial charge in [-0.15, -0.1) is 0 Å². The summed E-state index contributed by atoms with van der Waals surface area (Å²) in [5.74, 6) is 0.753. The summed E-state index contributed by atoms with van der Waals surface area (Å²) in [5, 5.41) is 2.77. The van der Waals surface area contributed by atoms with Crippen LogP contribution in [-0.4, -0.2) is 43.5 Å². The minimum Gasteiger partial charge on any atom is -0.497 e. The van der Waals surface area contributed by atoms with E-state index in [4.69, 9.17) is 4.74 Å². The van der Waals surface area contributed by atoms with Gasteiger partial charge in [-0.25, -0.2) is 0 Å². The van der Waals surface area contributed by atoms with Crippen LogP contribution in [0.4, 0.5) is 0 Å². The number of nitrogens with one attached hydrogen (secondary N) is 1. The van der Waals surface area contributed by atoms with Crippen molar-refractivity contribution in [2.24, 2.45) is 0 Å². The molecule has 0 atom stereocenters. The molecule has 1 aromatic rings. The lowest BCUT2D eigenvalue weighted by atomic mass is 9.77. The molecule has 0 unspecified atom stereocenters. The minimum atomic E-state index is -0.505. The predicted octanol–water partition coefficient (Wildman–Crippen LogP) is 2.49. The number of benzene rings is 1. The number of rotatable bonds is 7. The molecular weight excluding hydrogens is 304 g/mol. The standard InChI is InChI=1S/C19H28N2O3/c1-4-20-17(22)14-21(5-2)18(23)19(12-6-7-13-19)15-8-10-16(24-3)11-9-15/h8-11H,4-7,12-14H2,1-3H3,(H,20,22). The molecule has 1 aliphatic rings. The minimum absolute atomic E-state index is 0.0684. The molecule has 132 valence electrons. The molecule has 1 aromatic carbocycles. The van der Waals surface area contributed by atoms with Crippen molar-refractivity contribution in [2.45, 2.75) is 44.9 Å². The smallest absolute Gasteiger partial charge is 0.239 e. The molecular formula is C19H28N2O3. The maximum Gasteiger partial charge on any atom is 0.239 e. The molecule has 2 rings (SSSR count). The number of hydrogen-bond donors (Lipinski definition) is 1. The Morgan fingerprint density at radius 3 is 2.29 bits per heavy atom. The second kappa shape index (κ2) is 8.18. The van der Waals surface area contributed by atoms with Crippen LogP contribution < -0.4 is 10.1 Å². The molecule has 2 amide bonds. The second-order valence-corrected chi connectivity index (χ2v) is 6.29. The molecule has 1 aliphatic carbocycles. The van der Waals surface area contributed by atoms with Gasteiger partial charge in [0.25, 0.3) is 0 Å². The fourth-order valence-electron chi connectivity index (χ4n) is 3.57. The molecule has 1 N–H and O–H groups in total. The summed E-state index contributed by atoms with van der Waals surface area (Å²) >= 11 is 0. The van der Waals surface area contributed by atoms with Crippen LogP contribution in [0.15, 0.2) is 24.3 Å². The quantitative estimate of drug-likeness (QED) is 0.834. The molecule has 0 heterocycles. The average Bonchev–Trinajstić information content (AvgIpc) is 3.10. The highest BCUT2D eigenvalue weighted by molar-refractivity contribution is 5.92. The first-order chi connectivity index (χ1) is 11.6. The Morgan fingerprint density at radius 1 is 1.17 bits per heavy atom. The Labute approximate surface area is 144 Å². The molecule has 0 saturated heterocycles. The first-order valence-electron chi connectivity index (χ1n) is 8.78. The van der Waals surface area contributed by atoms with Crippen LogP contribution in [-0.2, 0) is 15.0 Å². The number of hydrogen-bond acceptors (Lipinski definition) is 3. The molecule has 0 spiro atoms. The first-order valence-corrected chi connectivity index (χ1v) is 8.78. The van der Waals surface area contributed by atoms with Crippen molar-refractivity contribution in [1.82, 2.24) is 10.2 Å². The predicted molar refractivity (Wildman–Crippen MR) is 94.1 cm³/mol. The van der Waals surface area contributed by atoms with Crippen LogP contribution in [0.1, 0.15) is 45.1 Å². The van der Waals surface area contributed by atoms with Gasteiger partial charge in [0.1, 0.15) is 5.75 Å². The highest BCUT2D eigenvalue weighted by Gasteiger charge is 2.44. The summed E-state index contributed by atoms with van der Waals surface area (Å²) in [5.41, 5.74) is 0.523. The second-order valence-electron chi connectivity index (χ2n) is 6.29. The summed E-state index contributed by atoms with van der Waals surface area (Å²) in [6.07, 6.45) is 3.75. The highest BCUT2D eigenvalue weighted by atomic mass is 16.5. The van der Waals surface area contributed by atoms with Crippen LogP contribution in [0, 0.1) is 0 Å².